The highest BCUT2D eigenvalue weighted by molar-refractivity contribution is 5.81. The Kier molecular flexibility index (Phi) is 7.06. The summed E-state index contributed by atoms with van der Waals surface area (Å²) in [7, 11) is 3.48. The van der Waals surface area contributed by atoms with Crippen LogP contribution in [0.1, 0.15) is 19.2 Å². The summed E-state index contributed by atoms with van der Waals surface area (Å²) in [5, 5.41) is 10.2. The van der Waals surface area contributed by atoms with Crippen molar-refractivity contribution in [3.8, 4) is 0 Å². The van der Waals surface area contributed by atoms with Crippen molar-refractivity contribution in [3.05, 3.63) is 12.2 Å². The van der Waals surface area contributed by atoms with Crippen LogP contribution in [0.2, 0.25) is 0 Å². The van der Waals surface area contributed by atoms with E-state index < -0.39 is 0 Å². The van der Waals surface area contributed by atoms with Crippen LogP contribution in [0.5, 0.6) is 0 Å². The van der Waals surface area contributed by atoms with Gasteiger partial charge in [0, 0.05) is 40.3 Å². The van der Waals surface area contributed by atoms with E-state index in [1.165, 1.54) is 0 Å². The van der Waals surface area contributed by atoms with Gasteiger partial charge < -0.3 is 15.4 Å². The van der Waals surface area contributed by atoms with Crippen molar-refractivity contribution in [3.63, 3.8) is 0 Å². The van der Waals surface area contributed by atoms with E-state index in [9.17, 15) is 4.79 Å². The van der Waals surface area contributed by atoms with Crippen molar-refractivity contribution in [1.29, 1.82) is 0 Å². The van der Waals surface area contributed by atoms with Gasteiger partial charge in [0.25, 0.3) is 0 Å². The number of hydrogen-bond donors (Lipinski definition) is 2. The molecule has 19 heavy (non-hydrogen) atoms. The minimum atomic E-state index is -0.216. The Morgan fingerprint density at radius 3 is 2.95 bits per heavy atom. The summed E-state index contributed by atoms with van der Waals surface area (Å²) in [5.41, 5.74) is 0. The molecule has 108 valence electrons. The van der Waals surface area contributed by atoms with Gasteiger partial charge in [-0.15, -0.1) is 0 Å². The van der Waals surface area contributed by atoms with E-state index >= 15 is 0 Å². The first-order chi connectivity index (χ1) is 9.13. The summed E-state index contributed by atoms with van der Waals surface area (Å²) in [6.45, 7) is 3.82. The van der Waals surface area contributed by atoms with Crippen LogP contribution in [0.15, 0.2) is 6.33 Å². The summed E-state index contributed by atoms with van der Waals surface area (Å²) in [5.74, 6) is 0.785. The van der Waals surface area contributed by atoms with Crippen LogP contribution in [-0.4, -0.2) is 53.5 Å². The highest BCUT2D eigenvalue weighted by Gasteiger charge is 2.11. The Labute approximate surface area is 113 Å². The molecule has 0 saturated carbocycles. The van der Waals surface area contributed by atoms with Crippen molar-refractivity contribution in [1.82, 2.24) is 25.4 Å². The largest absolute Gasteiger partial charge is 0.385 e. The van der Waals surface area contributed by atoms with Crippen LogP contribution >= 0.6 is 0 Å². The number of nitrogens with one attached hydrogen (secondary N) is 2. The van der Waals surface area contributed by atoms with Crippen LogP contribution in [0.4, 0.5) is 0 Å². The summed E-state index contributed by atoms with van der Waals surface area (Å²) < 4.78 is 6.59. The molecule has 0 bridgehead atoms. The molecule has 1 amide bonds. The Morgan fingerprint density at radius 1 is 1.53 bits per heavy atom. The number of hydrogen-bond acceptors (Lipinski definition) is 5. The zero-order valence-corrected chi connectivity index (χ0v) is 11.8. The molecule has 0 fully saturated rings. The number of ether oxygens (including phenoxy) is 1. The fourth-order valence-corrected chi connectivity index (χ4v) is 1.57. The van der Waals surface area contributed by atoms with E-state index in [1.54, 1.807) is 18.1 Å². The topological polar surface area (TPSA) is 81.1 Å². The summed E-state index contributed by atoms with van der Waals surface area (Å²) >= 11 is 0. The van der Waals surface area contributed by atoms with Gasteiger partial charge in [0.05, 0.1) is 6.04 Å². The van der Waals surface area contributed by atoms with Gasteiger partial charge in [-0.25, -0.2) is 4.98 Å². The van der Waals surface area contributed by atoms with Crippen LogP contribution < -0.4 is 10.6 Å². The standard InChI is InChI=1S/C12H23N5O2/c1-10(12(18)14-6-4-8-19-3)13-7-5-11-15-9-17(2)16-11/h9-10,13H,4-8H2,1-3H3,(H,14,18). The van der Waals surface area contributed by atoms with Gasteiger partial charge in [0.15, 0.2) is 5.82 Å². The fraction of sp³-hybridized carbons (Fsp3) is 0.750. The van der Waals surface area contributed by atoms with Gasteiger partial charge in [0.1, 0.15) is 6.33 Å². The van der Waals surface area contributed by atoms with Crippen LogP contribution in [0, 0.1) is 0 Å². The molecule has 1 atom stereocenters. The Hall–Kier alpha value is -1.47. The zero-order chi connectivity index (χ0) is 14.1. The first-order valence-electron chi connectivity index (χ1n) is 6.48. The predicted molar refractivity (Wildman–Crippen MR) is 71.7 cm³/mol. The molecule has 0 spiro atoms. The number of rotatable bonds is 9. The van der Waals surface area contributed by atoms with Crippen LogP contribution in [0.25, 0.3) is 0 Å². The maximum atomic E-state index is 11.7. The van der Waals surface area contributed by atoms with Gasteiger partial charge in [-0.1, -0.05) is 0 Å². The maximum absolute atomic E-state index is 11.7. The number of carbonyl (C=O) groups excluding carboxylic acids is 1. The lowest BCUT2D eigenvalue weighted by molar-refractivity contribution is -0.122. The number of nitrogens with zero attached hydrogens (tertiary/aromatic N) is 3. The average Bonchev–Trinajstić information content (AvgIpc) is 2.80. The van der Waals surface area contributed by atoms with Gasteiger partial charge in [-0.2, -0.15) is 5.10 Å². The van der Waals surface area contributed by atoms with E-state index in [0.29, 0.717) is 26.1 Å². The number of aromatic nitrogens is 3. The molecule has 0 aromatic carbocycles. The number of carbonyl (C=O) groups is 1. The quantitative estimate of drug-likeness (QED) is 0.590. The first-order valence-corrected chi connectivity index (χ1v) is 6.48. The molecule has 1 unspecified atom stereocenters. The Balaban J connectivity index is 2.12. The lowest BCUT2D eigenvalue weighted by atomic mass is 10.3. The van der Waals surface area contributed by atoms with E-state index in [0.717, 1.165) is 12.2 Å². The second-order valence-electron chi connectivity index (χ2n) is 4.40. The van der Waals surface area contributed by atoms with Gasteiger partial charge in [-0.3, -0.25) is 9.48 Å². The first kappa shape index (κ1) is 15.6. The fourth-order valence-electron chi connectivity index (χ4n) is 1.57. The van der Waals surface area contributed by atoms with Crippen molar-refractivity contribution < 1.29 is 9.53 Å². The molecule has 0 aliphatic rings. The van der Waals surface area contributed by atoms with E-state index in [1.807, 2.05) is 14.0 Å². The average molecular weight is 269 g/mol. The molecular formula is C12H23N5O2. The lowest BCUT2D eigenvalue weighted by Crippen LogP contribution is -2.43. The third kappa shape index (κ3) is 6.30. The Bertz CT molecular complexity index is 380. The van der Waals surface area contributed by atoms with Gasteiger partial charge in [0.2, 0.25) is 5.91 Å². The molecular weight excluding hydrogens is 246 g/mol. The third-order valence-electron chi connectivity index (χ3n) is 2.66. The highest BCUT2D eigenvalue weighted by Crippen LogP contribution is 1.90. The van der Waals surface area contributed by atoms with Crippen molar-refractivity contribution in [2.24, 2.45) is 7.05 Å². The molecule has 1 aromatic heterocycles. The normalized spacial score (nSPS) is 12.4. The summed E-state index contributed by atoms with van der Waals surface area (Å²) in [6.07, 6.45) is 3.20. The zero-order valence-electron chi connectivity index (χ0n) is 11.8. The highest BCUT2D eigenvalue weighted by atomic mass is 16.5. The minimum absolute atomic E-state index is 0.00471. The Morgan fingerprint density at radius 2 is 2.32 bits per heavy atom. The third-order valence-corrected chi connectivity index (χ3v) is 2.66. The lowest BCUT2D eigenvalue weighted by Gasteiger charge is -2.13. The van der Waals surface area contributed by atoms with E-state index in [-0.39, 0.29) is 11.9 Å². The van der Waals surface area contributed by atoms with E-state index in [4.69, 9.17) is 4.74 Å². The molecule has 0 aliphatic carbocycles. The predicted octanol–water partition coefficient (Wildman–Crippen LogP) is -0.512. The second-order valence-corrected chi connectivity index (χ2v) is 4.40. The van der Waals surface area contributed by atoms with Crippen molar-refractivity contribution in [2.45, 2.75) is 25.8 Å². The van der Waals surface area contributed by atoms with E-state index in [2.05, 4.69) is 20.7 Å². The summed E-state index contributed by atoms with van der Waals surface area (Å²) in [4.78, 5) is 15.8. The molecule has 2 N–H and O–H groups in total. The summed E-state index contributed by atoms with van der Waals surface area (Å²) in [6, 6.07) is -0.216. The monoisotopic (exact) mass is 269 g/mol. The van der Waals surface area contributed by atoms with Crippen LogP contribution in [0.3, 0.4) is 0 Å². The molecule has 1 rings (SSSR count). The second kappa shape index (κ2) is 8.60. The maximum Gasteiger partial charge on any atom is 0.236 e. The molecule has 1 heterocycles. The van der Waals surface area contributed by atoms with Gasteiger partial charge >= 0.3 is 0 Å². The molecule has 0 radical (unpaired) electrons. The molecule has 0 aliphatic heterocycles. The molecule has 1 aromatic rings. The SMILES string of the molecule is COCCCNC(=O)C(C)NCCc1ncn(C)n1. The molecule has 7 nitrogen and oxygen atoms in total. The molecule has 0 saturated heterocycles. The number of aryl methyl sites for hydroxylation is 1. The minimum Gasteiger partial charge on any atom is -0.385 e. The van der Waals surface area contributed by atoms with Crippen molar-refractivity contribution >= 4 is 5.91 Å². The molecule has 7 heteroatoms. The number of amides is 1. The van der Waals surface area contributed by atoms with Crippen LogP contribution in [-0.2, 0) is 23.0 Å². The number of methoxy groups -OCH3 is 1. The van der Waals surface area contributed by atoms with Crippen molar-refractivity contribution in [2.75, 3.05) is 26.8 Å². The smallest absolute Gasteiger partial charge is 0.236 e. The van der Waals surface area contributed by atoms with Gasteiger partial charge in [-0.05, 0) is 13.3 Å².